The third-order valence-corrected chi connectivity index (χ3v) is 1.89. The number of carbonyl (C=O) groups excluding carboxylic acids is 1. The van der Waals surface area contributed by atoms with Crippen molar-refractivity contribution in [2.45, 2.75) is 6.92 Å². The van der Waals surface area contributed by atoms with Gasteiger partial charge in [0.2, 0.25) is 0 Å². The molecule has 80 valence electrons. The summed E-state index contributed by atoms with van der Waals surface area (Å²) in [6.07, 6.45) is 1.33. The summed E-state index contributed by atoms with van der Waals surface area (Å²) in [5.74, 6) is -0.367. The van der Waals surface area contributed by atoms with Gasteiger partial charge in [0.1, 0.15) is 6.07 Å². The van der Waals surface area contributed by atoms with Crippen molar-refractivity contribution in [3.8, 4) is 6.07 Å². The summed E-state index contributed by atoms with van der Waals surface area (Å²) < 4.78 is 0. The highest BCUT2D eigenvalue weighted by atomic mass is 16.6. The molecule has 0 amide bonds. The normalized spacial score (nSPS) is 10.6. The standard InChI is InChI=1S/C11H8N2O3/c1-8(14)10(7-12)5-9-3-2-4-11(6-9)13(15)16/h2-6H,1H3/b10-5+. The predicted molar refractivity (Wildman–Crippen MR) is 57.4 cm³/mol. The van der Waals surface area contributed by atoms with E-state index in [1.54, 1.807) is 12.1 Å². The van der Waals surface area contributed by atoms with E-state index in [1.807, 2.05) is 0 Å². The summed E-state index contributed by atoms with van der Waals surface area (Å²) >= 11 is 0. The minimum atomic E-state index is -0.531. The Morgan fingerprint density at radius 2 is 2.25 bits per heavy atom. The smallest absolute Gasteiger partial charge is 0.270 e. The second kappa shape index (κ2) is 4.84. The lowest BCUT2D eigenvalue weighted by molar-refractivity contribution is -0.384. The molecule has 1 rings (SSSR count). The quantitative estimate of drug-likeness (QED) is 0.335. The van der Waals surface area contributed by atoms with E-state index in [4.69, 9.17) is 5.26 Å². The zero-order chi connectivity index (χ0) is 12.1. The molecule has 0 aliphatic rings. The zero-order valence-electron chi connectivity index (χ0n) is 8.51. The van der Waals surface area contributed by atoms with Gasteiger partial charge in [0.05, 0.1) is 10.5 Å². The molecule has 1 aromatic carbocycles. The number of hydrogen-bond donors (Lipinski definition) is 0. The van der Waals surface area contributed by atoms with Crippen LogP contribution in [0.5, 0.6) is 0 Å². The maximum atomic E-state index is 11.0. The molecule has 0 saturated carbocycles. The lowest BCUT2D eigenvalue weighted by Gasteiger charge is -1.95. The maximum Gasteiger partial charge on any atom is 0.270 e. The molecule has 0 aliphatic heterocycles. The number of nitrogens with zero attached hydrogens (tertiary/aromatic N) is 2. The van der Waals surface area contributed by atoms with Crippen LogP contribution < -0.4 is 0 Å². The molecule has 5 nitrogen and oxygen atoms in total. The SMILES string of the molecule is CC(=O)/C(C#N)=C/c1cccc([N+](=O)[O-])c1. The van der Waals surface area contributed by atoms with Crippen molar-refractivity contribution in [3.63, 3.8) is 0 Å². The number of benzene rings is 1. The van der Waals surface area contributed by atoms with Crippen LogP contribution in [0.1, 0.15) is 12.5 Å². The van der Waals surface area contributed by atoms with Crippen LogP contribution in [0.3, 0.4) is 0 Å². The van der Waals surface area contributed by atoms with E-state index in [2.05, 4.69) is 0 Å². The molecular weight excluding hydrogens is 208 g/mol. The summed E-state index contributed by atoms with van der Waals surface area (Å²) in [6.45, 7) is 1.27. The summed E-state index contributed by atoms with van der Waals surface area (Å²) in [7, 11) is 0. The average Bonchev–Trinajstić information content (AvgIpc) is 2.25. The van der Waals surface area contributed by atoms with Gasteiger partial charge in [-0.2, -0.15) is 5.26 Å². The highest BCUT2D eigenvalue weighted by molar-refractivity contribution is 6.01. The third kappa shape index (κ3) is 2.75. The van der Waals surface area contributed by atoms with Crippen molar-refractivity contribution in [3.05, 3.63) is 45.5 Å². The van der Waals surface area contributed by atoms with Crippen molar-refractivity contribution < 1.29 is 9.72 Å². The zero-order valence-corrected chi connectivity index (χ0v) is 8.51. The molecule has 0 N–H and O–H groups in total. The number of rotatable bonds is 3. The first-order chi connectivity index (χ1) is 7.54. The number of allylic oxidation sites excluding steroid dienone is 1. The van der Waals surface area contributed by atoms with Crippen LogP contribution in [0, 0.1) is 21.4 Å². The fourth-order valence-corrected chi connectivity index (χ4v) is 1.11. The average molecular weight is 216 g/mol. The minimum absolute atomic E-state index is 0.0273. The molecule has 0 spiro atoms. The Bertz CT molecular complexity index is 512. The molecule has 0 bridgehead atoms. The minimum Gasteiger partial charge on any atom is -0.294 e. The van der Waals surface area contributed by atoms with E-state index in [1.165, 1.54) is 31.2 Å². The predicted octanol–water partition coefficient (Wildman–Crippen LogP) is 2.09. The molecule has 0 unspecified atom stereocenters. The topological polar surface area (TPSA) is 84.0 Å². The number of non-ortho nitro benzene ring substituents is 1. The van der Waals surface area contributed by atoms with Crippen molar-refractivity contribution in [1.29, 1.82) is 5.26 Å². The summed E-state index contributed by atoms with van der Waals surface area (Å²) in [4.78, 5) is 20.9. The van der Waals surface area contributed by atoms with Crippen LogP contribution in [0.15, 0.2) is 29.8 Å². The van der Waals surface area contributed by atoms with Crippen LogP contribution >= 0.6 is 0 Å². The number of hydrogen-bond acceptors (Lipinski definition) is 4. The molecule has 0 radical (unpaired) electrons. The van der Waals surface area contributed by atoms with Gasteiger partial charge in [-0.15, -0.1) is 0 Å². The Balaban J connectivity index is 3.16. The second-order valence-electron chi connectivity index (χ2n) is 3.08. The Kier molecular flexibility index (Phi) is 3.51. The molecule has 0 atom stereocenters. The van der Waals surface area contributed by atoms with Crippen LogP contribution in [0.4, 0.5) is 5.69 Å². The molecule has 0 fully saturated rings. The number of carbonyl (C=O) groups is 1. The van der Waals surface area contributed by atoms with Crippen LogP contribution in [0.2, 0.25) is 0 Å². The van der Waals surface area contributed by atoms with E-state index < -0.39 is 4.92 Å². The van der Waals surface area contributed by atoms with Crippen molar-refractivity contribution in [1.82, 2.24) is 0 Å². The lowest BCUT2D eigenvalue weighted by Crippen LogP contribution is -1.93. The molecule has 0 aromatic heterocycles. The van der Waals surface area contributed by atoms with Gasteiger partial charge in [0.25, 0.3) is 5.69 Å². The molecule has 1 aromatic rings. The molecule has 0 heterocycles. The first-order valence-electron chi connectivity index (χ1n) is 4.42. The summed E-state index contributed by atoms with van der Waals surface area (Å²) in [5.41, 5.74) is 0.357. The monoisotopic (exact) mass is 216 g/mol. The van der Waals surface area contributed by atoms with Crippen LogP contribution in [0.25, 0.3) is 6.08 Å². The number of ketones is 1. The Morgan fingerprint density at radius 3 is 2.75 bits per heavy atom. The van der Waals surface area contributed by atoms with E-state index in [0.29, 0.717) is 5.56 Å². The van der Waals surface area contributed by atoms with E-state index in [-0.39, 0.29) is 17.0 Å². The van der Waals surface area contributed by atoms with Gasteiger partial charge >= 0.3 is 0 Å². The van der Waals surface area contributed by atoms with Gasteiger partial charge < -0.3 is 0 Å². The first-order valence-corrected chi connectivity index (χ1v) is 4.42. The van der Waals surface area contributed by atoms with Crippen LogP contribution in [-0.4, -0.2) is 10.7 Å². The van der Waals surface area contributed by atoms with Gasteiger partial charge in [-0.25, -0.2) is 0 Å². The van der Waals surface area contributed by atoms with Gasteiger partial charge in [-0.3, -0.25) is 14.9 Å². The summed E-state index contributed by atoms with van der Waals surface area (Å²) in [5, 5.41) is 19.2. The highest BCUT2D eigenvalue weighted by Gasteiger charge is 2.06. The van der Waals surface area contributed by atoms with Gasteiger partial charge in [-0.1, -0.05) is 12.1 Å². The first kappa shape index (κ1) is 11.6. The van der Waals surface area contributed by atoms with E-state index in [0.717, 1.165) is 0 Å². The Hall–Kier alpha value is -2.48. The van der Waals surface area contributed by atoms with E-state index >= 15 is 0 Å². The Labute approximate surface area is 91.8 Å². The van der Waals surface area contributed by atoms with E-state index in [9.17, 15) is 14.9 Å². The molecule has 5 heteroatoms. The molecule has 0 aliphatic carbocycles. The van der Waals surface area contributed by atoms with Crippen LogP contribution in [-0.2, 0) is 4.79 Å². The fourth-order valence-electron chi connectivity index (χ4n) is 1.11. The van der Waals surface area contributed by atoms with Crippen molar-refractivity contribution in [2.24, 2.45) is 0 Å². The van der Waals surface area contributed by atoms with Gasteiger partial charge in [0, 0.05) is 12.1 Å². The third-order valence-electron chi connectivity index (χ3n) is 1.89. The maximum absolute atomic E-state index is 11.0. The summed E-state index contributed by atoms with van der Waals surface area (Å²) in [6, 6.07) is 7.48. The largest absolute Gasteiger partial charge is 0.294 e. The van der Waals surface area contributed by atoms with Gasteiger partial charge in [-0.05, 0) is 18.6 Å². The molecule has 0 saturated heterocycles. The number of Topliss-reactive ketones (excluding diaryl/α,β-unsaturated/α-hetero) is 1. The second-order valence-corrected chi connectivity index (χ2v) is 3.08. The number of nitro groups is 1. The fraction of sp³-hybridized carbons (Fsp3) is 0.0909. The van der Waals surface area contributed by atoms with Crippen molar-refractivity contribution >= 4 is 17.5 Å². The highest BCUT2D eigenvalue weighted by Crippen LogP contribution is 2.15. The lowest BCUT2D eigenvalue weighted by atomic mass is 10.1. The number of nitro benzene ring substituents is 1. The molecular formula is C11H8N2O3. The van der Waals surface area contributed by atoms with Crippen molar-refractivity contribution in [2.75, 3.05) is 0 Å². The Morgan fingerprint density at radius 1 is 1.56 bits per heavy atom. The molecule has 16 heavy (non-hydrogen) atoms. The van der Waals surface area contributed by atoms with Gasteiger partial charge in [0.15, 0.2) is 5.78 Å². The number of nitriles is 1.